The van der Waals surface area contributed by atoms with Crippen LogP contribution in [0.25, 0.3) is 0 Å². The predicted octanol–water partition coefficient (Wildman–Crippen LogP) is 3.06. The third-order valence-electron chi connectivity index (χ3n) is 3.47. The fourth-order valence-corrected chi connectivity index (χ4v) is 2.28. The lowest BCUT2D eigenvalue weighted by Gasteiger charge is -2.39. The fourth-order valence-electron chi connectivity index (χ4n) is 2.28. The zero-order valence-corrected chi connectivity index (χ0v) is 16.5. The number of amides is 2. The van der Waals surface area contributed by atoms with Gasteiger partial charge in [0.2, 0.25) is 0 Å². The van der Waals surface area contributed by atoms with Crippen molar-refractivity contribution in [2.45, 2.75) is 39.3 Å². The molecule has 1 rings (SSSR count). The Morgan fingerprint density at radius 2 is 1.81 bits per heavy atom. The number of rotatable bonds is 4. The minimum atomic E-state index is -0.536. The van der Waals surface area contributed by atoms with E-state index in [2.05, 4.69) is 13.2 Å². The van der Waals surface area contributed by atoms with Gasteiger partial charge in [-0.3, -0.25) is 4.79 Å². The molecule has 0 spiro atoms. The van der Waals surface area contributed by atoms with Gasteiger partial charge in [0, 0.05) is 19.6 Å². The quantitative estimate of drug-likeness (QED) is 0.593. The van der Waals surface area contributed by atoms with Crippen molar-refractivity contribution in [1.29, 1.82) is 0 Å². The number of nitrogens with zero attached hydrogens (tertiary/aromatic N) is 2. The topological polar surface area (TPSA) is 96.4 Å². The van der Waals surface area contributed by atoms with Gasteiger partial charge in [-0.05, 0) is 33.3 Å². The first-order valence-electron chi connectivity index (χ1n) is 8.52. The maximum absolute atomic E-state index is 12.2. The van der Waals surface area contributed by atoms with Crippen molar-refractivity contribution in [3.63, 3.8) is 0 Å². The van der Waals surface area contributed by atoms with E-state index in [-0.39, 0.29) is 25.2 Å². The molecule has 1 unspecified atom stereocenters. The molecular formula is C19H30N2O6. The van der Waals surface area contributed by atoms with Gasteiger partial charge in [0.15, 0.2) is 0 Å². The van der Waals surface area contributed by atoms with Crippen molar-refractivity contribution in [1.82, 2.24) is 9.80 Å². The molecule has 27 heavy (non-hydrogen) atoms. The highest BCUT2D eigenvalue weighted by Gasteiger charge is 2.33. The molecule has 0 saturated carbocycles. The lowest BCUT2D eigenvalue weighted by atomic mass is 10.2. The van der Waals surface area contributed by atoms with Crippen LogP contribution in [-0.2, 0) is 14.3 Å². The van der Waals surface area contributed by atoms with Gasteiger partial charge in [-0.25, -0.2) is 9.59 Å². The molecule has 8 nitrogen and oxygen atoms in total. The van der Waals surface area contributed by atoms with Crippen LogP contribution in [0.5, 0.6) is 0 Å². The van der Waals surface area contributed by atoms with Gasteiger partial charge < -0.3 is 24.4 Å². The van der Waals surface area contributed by atoms with E-state index >= 15 is 0 Å². The minimum Gasteiger partial charge on any atom is -0.483 e. The Hall–Kier alpha value is -2.77. The van der Waals surface area contributed by atoms with Crippen molar-refractivity contribution in [2.24, 2.45) is 0 Å². The summed E-state index contributed by atoms with van der Waals surface area (Å²) in [6.45, 7) is 15.8. The summed E-state index contributed by atoms with van der Waals surface area (Å²) in [6, 6.07) is -0.135. The summed E-state index contributed by atoms with van der Waals surface area (Å²) < 4.78 is 10.7. The van der Waals surface area contributed by atoms with Crippen LogP contribution in [0, 0.1) is 0 Å². The number of allylic oxidation sites excluding steroid dienone is 2. The lowest BCUT2D eigenvalue weighted by molar-refractivity contribution is -0.122. The van der Waals surface area contributed by atoms with Crippen molar-refractivity contribution >= 4 is 18.7 Å². The molecule has 1 N–H and O–H groups in total. The number of ether oxygens (including phenoxy) is 2. The summed E-state index contributed by atoms with van der Waals surface area (Å²) >= 11 is 0. The Morgan fingerprint density at radius 1 is 1.22 bits per heavy atom. The number of piperazine rings is 1. The molecule has 152 valence electrons. The first kappa shape index (κ1) is 24.2. The van der Waals surface area contributed by atoms with Crippen LogP contribution < -0.4 is 0 Å². The van der Waals surface area contributed by atoms with Gasteiger partial charge in [0.05, 0.1) is 6.04 Å². The summed E-state index contributed by atoms with van der Waals surface area (Å²) in [5.74, 6) is 0. The molecule has 0 aliphatic carbocycles. The van der Waals surface area contributed by atoms with Crippen LogP contribution in [-0.4, -0.2) is 71.4 Å². The zero-order valence-electron chi connectivity index (χ0n) is 16.5. The van der Waals surface area contributed by atoms with E-state index in [1.807, 2.05) is 27.7 Å². The van der Waals surface area contributed by atoms with Crippen LogP contribution in [0.1, 0.15) is 27.7 Å². The largest absolute Gasteiger partial charge is 0.483 e. The molecule has 0 radical (unpaired) electrons. The molecule has 0 bridgehead atoms. The van der Waals surface area contributed by atoms with Crippen LogP contribution in [0.2, 0.25) is 0 Å². The zero-order chi connectivity index (χ0) is 21.0. The van der Waals surface area contributed by atoms with E-state index in [1.54, 1.807) is 28.0 Å². The summed E-state index contributed by atoms with van der Waals surface area (Å²) in [5, 5.41) is 6.89. The third-order valence-corrected chi connectivity index (χ3v) is 3.47. The smallest absolute Gasteiger partial charge is 0.410 e. The first-order chi connectivity index (χ1) is 12.6. The van der Waals surface area contributed by atoms with Crippen LogP contribution in [0.15, 0.2) is 37.0 Å². The summed E-state index contributed by atoms with van der Waals surface area (Å²) in [6.07, 6.45) is 4.22. The predicted molar refractivity (Wildman–Crippen MR) is 102 cm³/mol. The van der Waals surface area contributed by atoms with Gasteiger partial charge in [0.25, 0.3) is 6.47 Å². The minimum absolute atomic E-state index is 0.135. The maximum Gasteiger partial charge on any atom is 0.410 e. The number of carbonyl (C=O) groups is 3. The Labute approximate surface area is 160 Å². The summed E-state index contributed by atoms with van der Waals surface area (Å²) in [5.41, 5.74) is 0.240. The lowest BCUT2D eigenvalue weighted by Crippen LogP contribution is -2.56. The molecule has 1 fully saturated rings. The molecule has 0 aromatic heterocycles. The maximum atomic E-state index is 12.2. The molecule has 0 aromatic carbocycles. The number of carboxylic acid groups (broad SMARTS) is 1. The van der Waals surface area contributed by atoms with Gasteiger partial charge in [-0.15, -0.1) is 0 Å². The molecule has 0 aromatic rings. The van der Waals surface area contributed by atoms with Crippen LogP contribution in [0.4, 0.5) is 9.59 Å². The van der Waals surface area contributed by atoms with E-state index in [0.717, 1.165) is 5.57 Å². The average molecular weight is 382 g/mol. The highest BCUT2D eigenvalue weighted by Crippen LogP contribution is 2.16. The number of hydrogen-bond acceptors (Lipinski definition) is 5. The molecule has 1 aliphatic rings. The Bertz CT molecular complexity index is 565. The molecule has 1 atom stereocenters. The Kier molecular flexibility index (Phi) is 10.6. The standard InChI is InChI=1S/C18H28N2O4.CH2O2/c1-7-9-15(8-2)13-23-16(21)19-10-11-20(14(3)12-19)17(22)24-18(4,5)6;2-1-3/h7-9,14H,1-2,10-13H2,3-6H3;1H,(H,2,3)/b15-9+;. The average Bonchev–Trinajstić information content (AvgIpc) is 2.57. The highest BCUT2D eigenvalue weighted by molar-refractivity contribution is 5.71. The van der Waals surface area contributed by atoms with Crippen molar-refractivity contribution in [2.75, 3.05) is 26.2 Å². The Morgan fingerprint density at radius 3 is 2.26 bits per heavy atom. The second-order valence-corrected chi connectivity index (χ2v) is 6.81. The summed E-state index contributed by atoms with van der Waals surface area (Å²) in [4.78, 5) is 35.9. The second kappa shape index (κ2) is 11.8. The van der Waals surface area contributed by atoms with Gasteiger partial charge in [-0.1, -0.05) is 31.4 Å². The van der Waals surface area contributed by atoms with Crippen LogP contribution in [0.3, 0.4) is 0 Å². The number of hydrogen-bond donors (Lipinski definition) is 1. The number of carbonyl (C=O) groups excluding carboxylic acids is 2. The van der Waals surface area contributed by atoms with E-state index < -0.39 is 11.7 Å². The molecular weight excluding hydrogens is 352 g/mol. The SMILES string of the molecule is C=C/C=C(\C=C)COC(=O)N1CCN(C(=O)OC(C)(C)C)C(C)C1.O=CO. The van der Waals surface area contributed by atoms with Crippen molar-refractivity contribution in [3.05, 3.63) is 37.0 Å². The molecule has 1 aliphatic heterocycles. The molecule has 1 heterocycles. The van der Waals surface area contributed by atoms with Crippen molar-refractivity contribution < 1.29 is 29.0 Å². The van der Waals surface area contributed by atoms with E-state index in [1.165, 1.54) is 0 Å². The first-order valence-corrected chi connectivity index (χ1v) is 8.52. The van der Waals surface area contributed by atoms with Gasteiger partial charge in [-0.2, -0.15) is 0 Å². The highest BCUT2D eigenvalue weighted by atomic mass is 16.6. The van der Waals surface area contributed by atoms with E-state index in [9.17, 15) is 9.59 Å². The van der Waals surface area contributed by atoms with E-state index in [0.29, 0.717) is 19.6 Å². The molecule has 8 heteroatoms. The summed E-state index contributed by atoms with van der Waals surface area (Å²) in [7, 11) is 0. The Balaban J connectivity index is 0.00000210. The van der Waals surface area contributed by atoms with Crippen LogP contribution >= 0.6 is 0 Å². The van der Waals surface area contributed by atoms with Gasteiger partial charge >= 0.3 is 12.2 Å². The third kappa shape index (κ3) is 9.48. The van der Waals surface area contributed by atoms with E-state index in [4.69, 9.17) is 19.4 Å². The van der Waals surface area contributed by atoms with Gasteiger partial charge in [0.1, 0.15) is 12.2 Å². The second-order valence-electron chi connectivity index (χ2n) is 6.81. The van der Waals surface area contributed by atoms with Crippen molar-refractivity contribution in [3.8, 4) is 0 Å². The molecule has 1 saturated heterocycles. The fraction of sp³-hybridized carbons (Fsp3) is 0.526. The molecule has 2 amide bonds. The normalized spacial score (nSPS) is 17.2. The monoisotopic (exact) mass is 382 g/mol.